The smallest absolute Gasteiger partial charge is 0.0599 e. The number of rotatable bonds is 4. The first-order valence-electron chi connectivity index (χ1n) is 5.41. The molecule has 0 aliphatic heterocycles. The van der Waals surface area contributed by atoms with Crippen LogP contribution in [0.25, 0.3) is 0 Å². The minimum absolute atomic E-state index is 0.490. The highest BCUT2D eigenvalue weighted by atomic mass is 35.5. The van der Waals surface area contributed by atoms with Gasteiger partial charge in [-0.3, -0.25) is 9.97 Å². The molecule has 0 saturated carbocycles. The van der Waals surface area contributed by atoms with Crippen molar-refractivity contribution in [1.29, 1.82) is 0 Å². The van der Waals surface area contributed by atoms with E-state index >= 15 is 0 Å². The van der Waals surface area contributed by atoms with Crippen LogP contribution < -0.4 is 4.90 Å². The molecule has 0 aliphatic carbocycles. The zero-order valence-corrected chi connectivity index (χ0v) is 10.4. The third-order valence-electron chi connectivity index (χ3n) is 2.57. The van der Waals surface area contributed by atoms with Gasteiger partial charge in [0.1, 0.15) is 0 Å². The van der Waals surface area contributed by atoms with Crippen LogP contribution in [0.4, 0.5) is 5.69 Å². The molecule has 0 radical (unpaired) electrons. The minimum atomic E-state index is 0.490. The van der Waals surface area contributed by atoms with E-state index < -0.39 is 0 Å². The topological polar surface area (TPSA) is 29.0 Å². The number of pyridine rings is 2. The summed E-state index contributed by atoms with van der Waals surface area (Å²) in [7, 11) is 2.02. The minimum Gasteiger partial charge on any atom is -0.367 e. The van der Waals surface area contributed by atoms with Crippen molar-refractivity contribution in [2.75, 3.05) is 11.9 Å². The van der Waals surface area contributed by atoms with Crippen LogP contribution in [0.3, 0.4) is 0 Å². The SMILES string of the molecule is CN(Cc1ccccn1)c1cnccc1CCl. The van der Waals surface area contributed by atoms with Gasteiger partial charge in [-0.05, 0) is 23.8 Å². The van der Waals surface area contributed by atoms with Crippen LogP contribution in [0.15, 0.2) is 42.9 Å². The van der Waals surface area contributed by atoms with Crippen molar-refractivity contribution < 1.29 is 0 Å². The summed E-state index contributed by atoms with van der Waals surface area (Å²) in [6.07, 6.45) is 5.39. The number of hydrogen-bond acceptors (Lipinski definition) is 3. The molecule has 2 aromatic heterocycles. The van der Waals surface area contributed by atoms with Crippen LogP contribution in [0.2, 0.25) is 0 Å². The maximum Gasteiger partial charge on any atom is 0.0599 e. The zero-order chi connectivity index (χ0) is 12.1. The molecule has 88 valence electrons. The number of alkyl halides is 1. The van der Waals surface area contributed by atoms with Crippen LogP contribution in [-0.4, -0.2) is 17.0 Å². The maximum atomic E-state index is 5.91. The Hall–Kier alpha value is -1.61. The highest BCUT2D eigenvalue weighted by Crippen LogP contribution is 2.20. The second kappa shape index (κ2) is 5.64. The molecule has 0 bridgehead atoms. The molecule has 0 aromatic carbocycles. The molecule has 0 amide bonds. The summed E-state index contributed by atoms with van der Waals surface area (Å²) in [6.45, 7) is 0.746. The van der Waals surface area contributed by atoms with Gasteiger partial charge in [-0.1, -0.05) is 6.07 Å². The third-order valence-corrected chi connectivity index (χ3v) is 2.86. The second-order valence-electron chi connectivity index (χ2n) is 3.82. The fraction of sp³-hybridized carbons (Fsp3) is 0.231. The average Bonchev–Trinajstić information content (AvgIpc) is 2.40. The normalized spacial score (nSPS) is 10.2. The highest BCUT2D eigenvalue weighted by Gasteiger charge is 2.07. The van der Waals surface area contributed by atoms with E-state index in [0.717, 1.165) is 23.5 Å². The first-order chi connectivity index (χ1) is 8.31. The number of hydrogen-bond donors (Lipinski definition) is 0. The van der Waals surface area contributed by atoms with E-state index in [9.17, 15) is 0 Å². The van der Waals surface area contributed by atoms with Crippen LogP contribution in [0, 0.1) is 0 Å². The molecular formula is C13H14ClN3. The van der Waals surface area contributed by atoms with Gasteiger partial charge in [-0.15, -0.1) is 11.6 Å². The third kappa shape index (κ3) is 2.94. The standard InChI is InChI=1S/C13H14ClN3/c1-17(10-12-4-2-3-6-16-12)13-9-15-7-5-11(13)8-14/h2-7,9H,8,10H2,1H3. The lowest BCUT2D eigenvalue weighted by molar-refractivity contribution is 0.875. The Labute approximate surface area is 106 Å². The molecule has 0 fully saturated rings. The van der Waals surface area contributed by atoms with Crippen molar-refractivity contribution in [3.8, 4) is 0 Å². The maximum absolute atomic E-state index is 5.91. The highest BCUT2D eigenvalue weighted by molar-refractivity contribution is 6.17. The van der Waals surface area contributed by atoms with Crippen LogP contribution >= 0.6 is 11.6 Å². The van der Waals surface area contributed by atoms with Gasteiger partial charge in [0.2, 0.25) is 0 Å². The van der Waals surface area contributed by atoms with E-state index in [1.54, 1.807) is 12.4 Å². The van der Waals surface area contributed by atoms with Crippen molar-refractivity contribution >= 4 is 17.3 Å². The summed E-state index contributed by atoms with van der Waals surface area (Å²) in [5.74, 6) is 0.490. The Balaban J connectivity index is 2.17. The van der Waals surface area contributed by atoms with Crippen molar-refractivity contribution in [2.24, 2.45) is 0 Å². The van der Waals surface area contributed by atoms with Gasteiger partial charge in [-0.25, -0.2) is 0 Å². The largest absolute Gasteiger partial charge is 0.367 e. The van der Waals surface area contributed by atoms with Crippen molar-refractivity contribution in [3.05, 3.63) is 54.1 Å². The van der Waals surface area contributed by atoms with Gasteiger partial charge < -0.3 is 4.90 Å². The van der Waals surface area contributed by atoms with Gasteiger partial charge in [0.25, 0.3) is 0 Å². The van der Waals surface area contributed by atoms with Crippen LogP contribution in [0.5, 0.6) is 0 Å². The van der Waals surface area contributed by atoms with Gasteiger partial charge in [0, 0.05) is 25.3 Å². The molecule has 0 aliphatic rings. The summed E-state index contributed by atoms with van der Waals surface area (Å²) in [5.41, 5.74) is 3.16. The van der Waals surface area contributed by atoms with Crippen molar-refractivity contribution in [2.45, 2.75) is 12.4 Å². The average molecular weight is 248 g/mol. The molecule has 4 heteroatoms. The Morgan fingerprint density at radius 3 is 2.82 bits per heavy atom. The van der Waals surface area contributed by atoms with Gasteiger partial charge in [0.05, 0.1) is 24.1 Å². The molecule has 0 unspecified atom stereocenters. The fourth-order valence-electron chi connectivity index (χ4n) is 1.69. The molecule has 0 N–H and O–H groups in total. The molecule has 2 heterocycles. The molecule has 2 rings (SSSR count). The van der Waals surface area contributed by atoms with Crippen molar-refractivity contribution in [1.82, 2.24) is 9.97 Å². The first-order valence-corrected chi connectivity index (χ1v) is 5.94. The van der Waals surface area contributed by atoms with E-state index in [2.05, 4.69) is 14.9 Å². The molecule has 3 nitrogen and oxygen atoms in total. The Kier molecular flexibility index (Phi) is 3.94. The van der Waals surface area contributed by atoms with E-state index in [-0.39, 0.29) is 0 Å². The Morgan fingerprint density at radius 2 is 2.12 bits per heavy atom. The Morgan fingerprint density at radius 1 is 1.24 bits per heavy atom. The molecule has 0 saturated heterocycles. The zero-order valence-electron chi connectivity index (χ0n) is 9.68. The van der Waals surface area contributed by atoms with E-state index in [1.165, 1.54) is 0 Å². The number of nitrogens with zero attached hydrogens (tertiary/aromatic N) is 3. The fourth-order valence-corrected chi connectivity index (χ4v) is 1.92. The van der Waals surface area contributed by atoms with Gasteiger partial charge in [0.15, 0.2) is 0 Å². The molecule has 2 aromatic rings. The summed E-state index contributed by atoms with van der Waals surface area (Å²) in [4.78, 5) is 10.5. The molecule has 17 heavy (non-hydrogen) atoms. The van der Waals surface area contributed by atoms with Crippen molar-refractivity contribution in [3.63, 3.8) is 0 Å². The first kappa shape index (κ1) is 11.9. The number of halogens is 1. The predicted molar refractivity (Wildman–Crippen MR) is 70.1 cm³/mol. The van der Waals surface area contributed by atoms with Crippen LogP contribution in [0.1, 0.15) is 11.3 Å². The summed E-state index contributed by atoms with van der Waals surface area (Å²) < 4.78 is 0. The molecule has 0 spiro atoms. The lowest BCUT2D eigenvalue weighted by Crippen LogP contribution is -2.18. The lowest BCUT2D eigenvalue weighted by atomic mass is 10.2. The molecule has 0 atom stereocenters. The van der Waals surface area contributed by atoms with E-state index in [0.29, 0.717) is 5.88 Å². The number of aromatic nitrogens is 2. The number of anilines is 1. The lowest BCUT2D eigenvalue weighted by Gasteiger charge is -2.20. The monoisotopic (exact) mass is 247 g/mol. The van der Waals surface area contributed by atoms with Crippen LogP contribution in [-0.2, 0) is 12.4 Å². The second-order valence-corrected chi connectivity index (χ2v) is 4.08. The quantitative estimate of drug-likeness (QED) is 0.778. The van der Waals surface area contributed by atoms with Gasteiger partial charge in [-0.2, -0.15) is 0 Å². The summed E-state index contributed by atoms with van der Waals surface area (Å²) >= 11 is 5.91. The summed E-state index contributed by atoms with van der Waals surface area (Å²) in [5, 5.41) is 0. The van der Waals surface area contributed by atoms with Gasteiger partial charge >= 0.3 is 0 Å². The summed E-state index contributed by atoms with van der Waals surface area (Å²) in [6, 6.07) is 7.85. The van der Waals surface area contributed by atoms with E-state index in [1.807, 2.05) is 37.5 Å². The van der Waals surface area contributed by atoms with E-state index in [4.69, 9.17) is 11.6 Å². The Bertz CT molecular complexity index is 473. The molecular weight excluding hydrogens is 234 g/mol. The predicted octanol–water partition coefficient (Wildman–Crippen LogP) is 2.85.